The number of carbonyl (C=O) groups excluding carboxylic acids is 1. The van der Waals surface area contributed by atoms with Crippen molar-refractivity contribution in [2.45, 2.75) is 23.5 Å². The number of nitrogens with zero attached hydrogens (tertiary/aromatic N) is 1. The molecular weight excluding hydrogens is 422 g/mol. The van der Waals surface area contributed by atoms with E-state index in [1.54, 1.807) is 29.5 Å². The van der Waals surface area contributed by atoms with E-state index in [4.69, 9.17) is 9.15 Å². The van der Waals surface area contributed by atoms with E-state index in [9.17, 15) is 13.2 Å². The largest absolute Gasteiger partial charge is 0.460 e. The molecule has 2 aromatic carbocycles. The highest BCUT2D eigenvalue weighted by molar-refractivity contribution is 7.90. The van der Waals surface area contributed by atoms with Crippen molar-refractivity contribution in [3.63, 3.8) is 0 Å². The summed E-state index contributed by atoms with van der Waals surface area (Å²) in [6.07, 6.45) is 2.61. The summed E-state index contributed by atoms with van der Waals surface area (Å²) in [5.41, 5.74) is 1.25. The first-order chi connectivity index (χ1) is 14.5. The Bertz CT molecular complexity index is 1230. The SMILES string of the molecule is O=C(OCCCc1nc2ccccc2s1)c1occc1CS(=O)(=O)c1ccccc1. The lowest BCUT2D eigenvalue weighted by Crippen LogP contribution is -2.11. The number of para-hydroxylation sites is 1. The summed E-state index contributed by atoms with van der Waals surface area (Å²) in [4.78, 5) is 17.1. The molecule has 0 fully saturated rings. The number of ether oxygens (including phenoxy) is 1. The number of benzene rings is 2. The zero-order valence-corrected chi connectivity index (χ0v) is 17.6. The Hall–Kier alpha value is -2.97. The van der Waals surface area contributed by atoms with Crippen LogP contribution in [0.25, 0.3) is 10.2 Å². The van der Waals surface area contributed by atoms with Gasteiger partial charge in [-0.2, -0.15) is 0 Å². The minimum Gasteiger partial charge on any atom is -0.460 e. The van der Waals surface area contributed by atoms with Gasteiger partial charge in [-0.25, -0.2) is 18.2 Å². The van der Waals surface area contributed by atoms with Crippen LogP contribution in [0.3, 0.4) is 0 Å². The van der Waals surface area contributed by atoms with Crippen LogP contribution in [0.15, 0.2) is 76.2 Å². The molecular formula is C22H19NO5S2. The molecule has 0 atom stereocenters. The maximum absolute atomic E-state index is 12.6. The number of aromatic nitrogens is 1. The Morgan fingerprint density at radius 2 is 1.80 bits per heavy atom. The van der Waals surface area contributed by atoms with Crippen LogP contribution in [-0.4, -0.2) is 26.0 Å². The monoisotopic (exact) mass is 441 g/mol. The molecule has 2 aromatic heterocycles. The van der Waals surface area contributed by atoms with Crippen molar-refractivity contribution in [3.8, 4) is 0 Å². The number of rotatable bonds is 8. The van der Waals surface area contributed by atoms with Gasteiger partial charge in [0.2, 0.25) is 5.76 Å². The fourth-order valence-corrected chi connectivity index (χ4v) is 5.41. The van der Waals surface area contributed by atoms with Gasteiger partial charge in [0.1, 0.15) is 0 Å². The zero-order valence-electron chi connectivity index (χ0n) is 16.0. The number of aryl methyl sites for hydroxylation is 1. The van der Waals surface area contributed by atoms with Crippen molar-refractivity contribution in [2.24, 2.45) is 0 Å². The van der Waals surface area contributed by atoms with E-state index >= 15 is 0 Å². The summed E-state index contributed by atoms with van der Waals surface area (Å²) in [7, 11) is -3.59. The fourth-order valence-electron chi connectivity index (χ4n) is 3.02. The van der Waals surface area contributed by atoms with E-state index in [1.807, 2.05) is 24.3 Å². The molecule has 0 N–H and O–H groups in total. The zero-order chi connectivity index (χ0) is 21.0. The van der Waals surface area contributed by atoms with Crippen molar-refractivity contribution in [1.29, 1.82) is 0 Å². The second-order valence-corrected chi connectivity index (χ2v) is 9.77. The van der Waals surface area contributed by atoms with Crippen LogP contribution in [0.2, 0.25) is 0 Å². The van der Waals surface area contributed by atoms with Crippen LogP contribution in [-0.2, 0) is 26.7 Å². The minimum atomic E-state index is -3.59. The molecule has 0 saturated heterocycles. The van der Waals surface area contributed by atoms with Gasteiger partial charge in [0.25, 0.3) is 0 Å². The number of thiazole rings is 1. The normalized spacial score (nSPS) is 11.6. The molecule has 0 unspecified atom stereocenters. The molecule has 8 heteroatoms. The number of esters is 1. The van der Waals surface area contributed by atoms with Crippen molar-refractivity contribution in [1.82, 2.24) is 4.98 Å². The second-order valence-electron chi connectivity index (χ2n) is 6.66. The topological polar surface area (TPSA) is 86.5 Å². The van der Waals surface area contributed by atoms with E-state index in [-0.39, 0.29) is 28.6 Å². The summed E-state index contributed by atoms with van der Waals surface area (Å²) < 4.78 is 36.8. The lowest BCUT2D eigenvalue weighted by atomic mass is 10.3. The first-order valence-electron chi connectivity index (χ1n) is 9.39. The van der Waals surface area contributed by atoms with Gasteiger partial charge in [-0.05, 0) is 36.8 Å². The molecule has 0 aliphatic carbocycles. The highest BCUT2D eigenvalue weighted by Crippen LogP contribution is 2.23. The summed E-state index contributed by atoms with van der Waals surface area (Å²) in [5, 5.41) is 0.986. The molecule has 0 radical (unpaired) electrons. The lowest BCUT2D eigenvalue weighted by molar-refractivity contribution is 0.0463. The Morgan fingerprint density at radius 3 is 2.60 bits per heavy atom. The predicted octanol–water partition coefficient (Wildman–Crippen LogP) is 4.65. The molecule has 4 rings (SSSR count). The summed E-state index contributed by atoms with van der Waals surface area (Å²) in [6.45, 7) is 0.195. The van der Waals surface area contributed by atoms with Crippen LogP contribution in [0.1, 0.15) is 27.5 Å². The maximum atomic E-state index is 12.6. The Labute approximate surface area is 178 Å². The van der Waals surface area contributed by atoms with Gasteiger partial charge in [-0.1, -0.05) is 30.3 Å². The number of hydrogen-bond donors (Lipinski definition) is 0. The Kier molecular flexibility index (Phi) is 5.96. The molecule has 0 spiro atoms. The fraction of sp³-hybridized carbons (Fsp3) is 0.182. The summed E-state index contributed by atoms with van der Waals surface area (Å²) in [5.74, 6) is -1.07. The standard InChI is InChI=1S/C22H19NO5S2/c24-22(28-13-6-11-20-23-18-9-4-5-10-19(18)29-20)21-16(12-14-27-21)15-30(25,26)17-7-2-1-3-8-17/h1-5,7-10,12,14H,6,11,13,15H2. The quantitative estimate of drug-likeness (QED) is 0.292. The van der Waals surface area contributed by atoms with Crippen LogP contribution in [0, 0.1) is 0 Å². The summed E-state index contributed by atoms with van der Waals surface area (Å²) >= 11 is 1.62. The van der Waals surface area contributed by atoms with Gasteiger partial charge in [0.05, 0.1) is 38.7 Å². The van der Waals surface area contributed by atoms with E-state index < -0.39 is 15.8 Å². The highest BCUT2D eigenvalue weighted by Gasteiger charge is 2.23. The van der Waals surface area contributed by atoms with E-state index in [1.165, 1.54) is 24.5 Å². The van der Waals surface area contributed by atoms with Gasteiger partial charge < -0.3 is 9.15 Å². The number of carbonyl (C=O) groups is 1. The maximum Gasteiger partial charge on any atom is 0.374 e. The third-order valence-corrected chi connectivity index (χ3v) is 7.26. The molecule has 0 bridgehead atoms. The highest BCUT2D eigenvalue weighted by atomic mass is 32.2. The van der Waals surface area contributed by atoms with Gasteiger partial charge in [-0.3, -0.25) is 0 Å². The van der Waals surface area contributed by atoms with Gasteiger partial charge in [0, 0.05) is 12.0 Å². The van der Waals surface area contributed by atoms with Crippen molar-refractivity contribution < 1.29 is 22.4 Å². The number of hydrogen-bond acceptors (Lipinski definition) is 7. The minimum absolute atomic E-state index is 0.0745. The third-order valence-electron chi connectivity index (χ3n) is 4.49. The van der Waals surface area contributed by atoms with E-state index in [0.29, 0.717) is 12.8 Å². The molecule has 4 aromatic rings. The van der Waals surface area contributed by atoms with Crippen molar-refractivity contribution >= 4 is 37.4 Å². The van der Waals surface area contributed by atoms with Gasteiger partial charge in [-0.15, -0.1) is 11.3 Å². The average molecular weight is 442 g/mol. The van der Waals surface area contributed by atoms with E-state index in [0.717, 1.165) is 15.2 Å². The second kappa shape index (κ2) is 8.81. The molecule has 0 saturated carbocycles. The lowest BCUT2D eigenvalue weighted by Gasteiger charge is -2.06. The van der Waals surface area contributed by atoms with E-state index in [2.05, 4.69) is 4.98 Å². The summed E-state index contributed by atoms with van der Waals surface area (Å²) in [6, 6.07) is 17.5. The third kappa shape index (κ3) is 4.60. The first-order valence-corrected chi connectivity index (χ1v) is 11.9. The molecule has 0 aliphatic rings. The molecule has 154 valence electrons. The number of fused-ring (bicyclic) bond motifs is 1. The first kappa shape index (κ1) is 20.3. The molecule has 30 heavy (non-hydrogen) atoms. The number of furan rings is 1. The molecule has 6 nitrogen and oxygen atoms in total. The Balaban J connectivity index is 1.34. The molecule has 0 amide bonds. The van der Waals surface area contributed by atoms with Crippen LogP contribution < -0.4 is 0 Å². The van der Waals surface area contributed by atoms with Crippen LogP contribution >= 0.6 is 11.3 Å². The smallest absolute Gasteiger partial charge is 0.374 e. The predicted molar refractivity (Wildman–Crippen MR) is 114 cm³/mol. The molecule has 0 aliphatic heterocycles. The van der Waals surface area contributed by atoms with Crippen molar-refractivity contribution in [2.75, 3.05) is 6.61 Å². The Morgan fingerprint density at radius 1 is 1.03 bits per heavy atom. The number of sulfone groups is 1. The van der Waals surface area contributed by atoms with Gasteiger partial charge >= 0.3 is 5.97 Å². The molecule has 2 heterocycles. The van der Waals surface area contributed by atoms with Gasteiger partial charge in [0.15, 0.2) is 9.84 Å². The van der Waals surface area contributed by atoms with Crippen LogP contribution in [0.4, 0.5) is 0 Å². The van der Waals surface area contributed by atoms with Crippen molar-refractivity contribution in [3.05, 3.63) is 83.3 Å². The average Bonchev–Trinajstić information content (AvgIpc) is 3.37. The van der Waals surface area contributed by atoms with Crippen LogP contribution in [0.5, 0.6) is 0 Å².